The highest BCUT2D eigenvalue weighted by Crippen LogP contribution is 2.39. The van der Waals surface area contributed by atoms with Crippen LogP contribution in [0.15, 0.2) is 12.1 Å². The number of hydrogen-bond acceptors (Lipinski definition) is 7. The number of rotatable bonds is 8. The minimum absolute atomic E-state index is 0.0336. The summed E-state index contributed by atoms with van der Waals surface area (Å²) in [4.78, 5) is 12.9. The van der Waals surface area contributed by atoms with E-state index in [2.05, 4.69) is 0 Å². The van der Waals surface area contributed by atoms with Crippen molar-refractivity contribution in [3.63, 3.8) is 0 Å². The molecule has 168 valence electrons. The lowest BCUT2D eigenvalue weighted by molar-refractivity contribution is 0.00514. The maximum atomic E-state index is 12.9. The van der Waals surface area contributed by atoms with Crippen molar-refractivity contribution >= 4 is 13.1 Å². The second-order valence-corrected chi connectivity index (χ2v) is 9.52. The maximum absolute atomic E-state index is 12.9. The Labute approximate surface area is 180 Å². The Balaban J connectivity index is 2.32. The van der Waals surface area contributed by atoms with Gasteiger partial charge in [0.05, 0.1) is 17.8 Å². The fourth-order valence-corrected chi connectivity index (χ4v) is 3.19. The summed E-state index contributed by atoms with van der Waals surface area (Å²) >= 11 is 0. The van der Waals surface area contributed by atoms with Crippen LogP contribution in [-0.2, 0) is 31.8 Å². The van der Waals surface area contributed by atoms with Crippen LogP contribution in [0, 0.1) is 0 Å². The maximum Gasteiger partial charge on any atom is 0.458 e. The smallest absolute Gasteiger partial charge is 0.458 e. The Morgan fingerprint density at radius 1 is 1.10 bits per heavy atom. The zero-order chi connectivity index (χ0) is 22.7. The van der Waals surface area contributed by atoms with Gasteiger partial charge in [-0.15, -0.1) is 0 Å². The van der Waals surface area contributed by atoms with E-state index < -0.39 is 22.8 Å². The molecule has 0 saturated carbocycles. The van der Waals surface area contributed by atoms with E-state index in [9.17, 15) is 9.90 Å². The second-order valence-electron chi connectivity index (χ2n) is 9.52. The molecular weight excluding hydrogens is 387 g/mol. The quantitative estimate of drug-likeness (QED) is 0.388. The molecule has 0 spiro atoms. The Bertz CT molecular complexity index is 737. The molecule has 0 bridgehead atoms. The van der Waals surface area contributed by atoms with E-state index in [1.165, 1.54) is 7.11 Å². The molecule has 7 nitrogen and oxygen atoms in total. The summed E-state index contributed by atoms with van der Waals surface area (Å²) in [6, 6.07) is 3.56. The van der Waals surface area contributed by atoms with Crippen molar-refractivity contribution in [3.8, 4) is 5.75 Å². The number of ether oxygens (including phenoxy) is 3. The van der Waals surface area contributed by atoms with Crippen molar-refractivity contribution in [2.45, 2.75) is 84.6 Å². The minimum Gasteiger partial charge on any atom is -0.466 e. The monoisotopic (exact) mass is 422 g/mol. The highest BCUT2D eigenvalue weighted by atomic mass is 16.7. The van der Waals surface area contributed by atoms with E-state index >= 15 is 0 Å². The molecule has 0 aliphatic carbocycles. The number of benzene rings is 1. The molecule has 1 heterocycles. The highest BCUT2D eigenvalue weighted by molar-refractivity contribution is 6.45. The van der Waals surface area contributed by atoms with E-state index in [-0.39, 0.29) is 26.1 Å². The molecule has 1 fully saturated rings. The summed E-state index contributed by atoms with van der Waals surface area (Å²) in [5, 5.41) is 9.79. The van der Waals surface area contributed by atoms with Gasteiger partial charge in [0.2, 0.25) is 0 Å². The van der Waals surface area contributed by atoms with Gasteiger partial charge in [-0.2, -0.15) is 0 Å². The Hall–Kier alpha value is -1.61. The summed E-state index contributed by atoms with van der Waals surface area (Å²) in [6.45, 7) is 13.1. The number of aliphatic hydroxyl groups is 1. The molecule has 1 aromatic rings. The third kappa shape index (κ3) is 5.75. The summed E-state index contributed by atoms with van der Waals surface area (Å²) in [5.41, 5.74) is -0.0446. The number of carbonyl (C=O) groups excluding carboxylic acids is 1. The predicted molar refractivity (Wildman–Crippen MR) is 115 cm³/mol. The molecule has 0 aromatic heterocycles. The van der Waals surface area contributed by atoms with Crippen molar-refractivity contribution in [1.82, 2.24) is 0 Å². The van der Waals surface area contributed by atoms with E-state index in [1.54, 1.807) is 26.8 Å². The summed E-state index contributed by atoms with van der Waals surface area (Å²) < 4.78 is 28.5. The van der Waals surface area contributed by atoms with Gasteiger partial charge in [-0.1, -0.05) is 12.1 Å². The fraction of sp³-hybridized carbons (Fsp3) is 0.682. The Morgan fingerprint density at radius 3 is 2.17 bits per heavy atom. The predicted octanol–water partition coefficient (Wildman–Crippen LogP) is 3.75. The lowest BCUT2D eigenvalue weighted by atomic mass is 9.81. The van der Waals surface area contributed by atoms with Gasteiger partial charge in [-0.3, -0.25) is 0 Å². The number of methoxy groups -OCH3 is 1. The van der Waals surface area contributed by atoms with Crippen LogP contribution in [0.25, 0.3) is 0 Å². The van der Waals surface area contributed by atoms with Crippen molar-refractivity contribution in [2.24, 2.45) is 0 Å². The number of carbonyl (C=O) groups is 1. The van der Waals surface area contributed by atoms with Crippen LogP contribution in [0.3, 0.4) is 0 Å². The molecular formula is C22H35BO7. The number of aryl methyl sites for hydroxylation is 1. The van der Waals surface area contributed by atoms with Crippen molar-refractivity contribution in [3.05, 3.63) is 28.8 Å². The Kier molecular flexibility index (Phi) is 7.61. The lowest BCUT2D eigenvalue weighted by Gasteiger charge is -2.32. The van der Waals surface area contributed by atoms with Crippen molar-refractivity contribution < 1.29 is 33.4 Å². The Morgan fingerprint density at radius 2 is 1.67 bits per heavy atom. The molecule has 1 aromatic carbocycles. The van der Waals surface area contributed by atoms with Gasteiger partial charge in [-0.05, 0) is 72.3 Å². The zero-order valence-corrected chi connectivity index (χ0v) is 19.5. The first-order valence-corrected chi connectivity index (χ1v) is 10.3. The van der Waals surface area contributed by atoms with Crippen molar-refractivity contribution in [2.75, 3.05) is 13.9 Å². The number of esters is 1. The van der Waals surface area contributed by atoms with Crippen LogP contribution in [0.4, 0.5) is 0 Å². The third-order valence-electron chi connectivity index (χ3n) is 5.37. The molecule has 0 unspecified atom stereocenters. The molecule has 1 saturated heterocycles. The van der Waals surface area contributed by atoms with Gasteiger partial charge < -0.3 is 28.6 Å². The summed E-state index contributed by atoms with van der Waals surface area (Å²) in [6.07, 6.45) is 1.14. The van der Waals surface area contributed by atoms with Crippen LogP contribution in [0.1, 0.15) is 70.0 Å². The molecule has 30 heavy (non-hydrogen) atoms. The average Bonchev–Trinajstić information content (AvgIpc) is 2.82. The molecule has 1 N–H and O–H groups in total. The van der Waals surface area contributed by atoms with E-state index in [1.807, 2.05) is 33.8 Å². The first-order valence-electron chi connectivity index (χ1n) is 10.3. The number of hydrogen-bond donors (Lipinski definition) is 1. The van der Waals surface area contributed by atoms with Crippen LogP contribution in [-0.4, -0.2) is 48.9 Å². The molecule has 0 amide bonds. The number of aliphatic hydroxyl groups excluding tert-OH is 1. The molecule has 8 heteroatoms. The third-order valence-corrected chi connectivity index (χ3v) is 5.37. The van der Waals surface area contributed by atoms with E-state index in [4.69, 9.17) is 23.5 Å². The minimum atomic E-state index is -0.680. The van der Waals surface area contributed by atoms with Gasteiger partial charge in [-0.25, -0.2) is 4.79 Å². The van der Waals surface area contributed by atoms with Crippen LogP contribution < -0.4 is 4.74 Å². The molecule has 2 rings (SSSR count). The standard InChI is InChI=1S/C22H35BO7/c1-20(2,3)28-19(25)17-16(13-24)10-9-15(18(17)27-14-26-8)11-12-23-29-21(4,5)22(6,7)30-23/h9-10,24H,11-14H2,1-8H3. The van der Waals surface area contributed by atoms with Crippen molar-refractivity contribution in [1.29, 1.82) is 0 Å². The largest absolute Gasteiger partial charge is 0.466 e. The zero-order valence-electron chi connectivity index (χ0n) is 19.5. The summed E-state index contributed by atoms with van der Waals surface area (Å²) in [5.74, 6) is -0.190. The van der Waals surface area contributed by atoms with Crippen LogP contribution in [0.2, 0.25) is 6.32 Å². The topological polar surface area (TPSA) is 83.5 Å². The van der Waals surface area contributed by atoms with Gasteiger partial charge in [0.25, 0.3) is 0 Å². The van der Waals surface area contributed by atoms with Crippen LogP contribution in [0.5, 0.6) is 5.75 Å². The van der Waals surface area contributed by atoms with Crippen LogP contribution >= 0.6 is 0 Å². The molecule has 1 aliphatic rings. The first-order chi connectivity index (χ1) is 13.8. The van der Waals surface area contributed by atoms with Gasteiger partial charge in [0.1, 0.15) is 16.9 Å². The second kappa shape index (κ2) is 9.26. The average molecular weight is 422 g/mol. The summed E-state index contributed by atoms with van der Waals surface area (Å²) in [7, 11) is 1.14. The molecule has 0 atom stereocenters. The van der Waals surface area contributed by atoms with Gasteiger partial charge >= 0.3 is 13.1 Å². The highest BCUT2D eigenvalue weighted by Gasteiger charge is 2.50. The first kappa shape index (κ1) is 24.7. The fourth-order valence-electron chi connectivity index (χ4n) is 3.19. The van der Waals surface area contributed by atoms with Gasteiger partial charge in [0, 0.05) is 7.11 Å². The SMILES string of the molecule is COCOc1c(CCB2OC(C)(C)C(C)(C)O2)ccc(CO)c1C(=O)OC(C)(C)C. The van der Waals surface area contributed by atoms with E-state index in [0.717, 1.165) is 5.56 Å². The molecule has 1 aliphatic heterocycles. The molecule has 0 radical (unpaired) electrons. The van der Waals surface area contributed by atoms with E-state index in [0.29, 0.717) is 24.1 Å². The van der Waals surface area contributed by atoms with Gasteiger partial charge in [0.15, 0.2) is 6.79 Å². The lowest BCUT2D eigenvalue weighted by Crippen LogP contribution is -2.41. The normalized spacial score (nSPS) is 17.8.